The molecule has 0 saturated carbocycles. The van der Waals surface area contributed by atoms with E-state index in [1.807, 2.05) is 0 Å². The molecular weight excluding hydrogens is 136 g/mol. The van der Waals surface area contributed by atoms with Gasteiger partial charge in [-0.05, 0) is 12.3 Å². The molecule has 0 aliphatic carbocycles. The molecule has 0 amide bonds. The van der Waals surface area contributed by atoms with Crippen LogP contribution in [0.4, 0.5) is 0 Å². The van der Waals surface area contributed by atoms with Crippen LogP contribution >= 0.6 is 0 Å². The molecular formula is C9H18N2. The molecule has 1 aromatic heterocycles. The molecule has 0 saturated heterocycles. The minimum absolute atomic E-state index is 0.665. The van der Waals surface area contributed by atoms with Crippen molar-refractivity contribution in [2.24, 2.45) is 7.05 Å². The van der Waals surface area contributed by atoms with E-state index in [-0.39, 0.29) is 0 Å². The molecule has 1 heterocycles. The first kappa shape index (κ1) is 8.44. The van der Waals surface area contributed by atoms with E-state index in [1.54, 1.807) is 0 Å². The number of aryl methyl sites for hydroxylation is 1. The van der Waals surface area contributed by atoms with Crippen LogP contribution in [-0.4, -0.2) is 9.36 Å². The summed E-state index contributed by atoms with van der Waals surface area (Å²) in [4.78, 5) is 0. The fourth-order valence-electron chi connectivity index (χ4n) is 1.40. The van der Waals surface area contributed by atoms with Gasteiger partial charge in [-0.3, -0.25) is 9.36 Å². The molecule has 0 N–H and O–H groups in total. The van der Waals surface area contributed by atoms with Crippen molar-refractivity contribution in [1.29, 1.82) is 0 Å². The van der Waals surface area contributed by atoms with Gasteiger partial charge in [-0.1, -0.05) is 20.8 Å². The largest absolute Gasteiger partial charge is 0.294 e. The second kappa shape index (κ2) is 3.16. The normalized spacial score (nSPS) is 11.4. The van der Waals surface area contributed by atoms with E-state index in [0.717, 1.165) is 6.54 Å². The molecule has 0 spiro atoms. The summed E-state index contributed by atoms with van der Waals surface area (Å²) >= 11 is 0. The molecule has 11 heavy (non-hydrogen) atoms. The van der Waals surface area contributed by atoms with Gasteiger partial charge in [0.25, 0.3) is 0 Å². The van der Waals surface area contributed by atoms with Crippen molar-refractivity contribution >= 4 is 0 Å². The Hall–Kier alpha value is -0.660. The molecule has 2 nitrogen and oxygen atoms in total. The fraction of sp³-hybridized carbons (Fsp3) is 0.778. The smallest absolute Gasteiger partial charge is 0.0551 e. The Morgan fingerprint density at radius 3 is 2.45 bits per heavy atom. The molecule has 64 valence electrons. The van der Waals surface area contributed by atoms with Gasteiger partial charge in [-0.15, -0.1) is 0 Å². The highest BCUT2D eigenvalue weighted by Crippen LogP contribution is 2.16. The van der Waals surface area contributed by atoms with Gasteiger partial charge in [-0.2, -0.15) is 0 Å². The quantitative estimate of drug-likeness (QED) is 0.632. The maximum absolute atomic E-state index is 2.34. The molecule has 0 unspecified atom stereocenters. The first-order chi connectivity index (χ1) is 5.16. The van der Waals surface area contributed by atoms with Gasteiger partial charge < -0.3 is 0 Å². The first-order valence-electron chi connectivity index (χ1n) is 4.38. The van der Waals surface area contributed by atoms with Crippen LogP contribution in [0.2, 0.25) is 0 Å². The van der Waals surface area contributed by atoms with Crippen molar-refractivity contribution in [2.75, 3.05) is 0 Å². The van der Waals surface area contributed by atoms with Crippen molar-refractivity contribution in [3.05, 3.63) is 11.9 Å². The lowest BCUT2D eigenvalue weighted by molar-refractivity contribution is 0.409. The highest BCUT2D eigenvalue weighted by Gasteiger charge is 2.09. The van der Waals surface area contributed by atoms with Crippen LogP contribution in [0.5, 0.6) is 0 Å². The van der Waals surface area contributed by atoms with Crippen LogP contribution in [0.3, 0.4) is 0 Å². The average molecular weight is 154 g/mol. The van der Waals surface area contributed by atoms with Gasteiger partial charge in [-0.25, -0.2) is 0 Å². The van der Waals surface area contributed by atoms with Crippen LogP contribution in [0, 0.1) is 0 Å². The van der Waals surface area contributed by atoms with E-state index in [9.17, 15) is 0 Å². The maximum Gasteiger partial charge on any atom is 0.0551 e. The van der Waals surface area contributed by atoms with Crippen LogP contribution in [0.15, 0.2) is 6.20 Å². The van der Waals surface area contributed by atoms with Gasteiger partial charge in [0.2, 0.25) is 0 Å². The minimum atomic E-state index is 0.665. The fourth-order valence-corrected chi connectivity index (χ4v) is 1.40. The van der Waals surface area contributed by atoms with E-state index < -0.39 is 0 Å². The van der Waals surface area contributed by atoms with Crippen LogP contribution in [0.25, 0.3) is 0 Å². The first-order valence-corrected chi connectivity index (χ1v) is 4.38. The monoisotopic (exact) mass is 154 g/mol. The number of rotatable bonds is 3. The summed E-state index contributed by atoms with van der Waals surface area (Å²) in [7, 11) is 2.10. The second-order valence-corrected chi connectivity index (χ2v) is 3.41. The van der Waals surface area contributed by atoms with Gasteiger partial charge in [0.15, 0.2) is 0 Å². The Morgan fingerprint density at radius 2 is 2.09 bits per heavy atom. The van der Waals surface area contributed by atoms with Crippen LogP contribution in [0.1, 0.15) is 38.8 Å². The third kappa shape index (κ3) is 1.50. The van der Waals surface area contributed by atoms with Crippen molar-refractivity contribution in [2.45, 2.75) is 39.7 Å². The van der Waals surface area contributed by atoms with Crippen molar-refractivity contribution < 1.29 is 0 Å². The SMILES string of the molecule is CCCn1c(C(C)C)cn1C. The summed E-state index contributed by atoms with van der Waals surface area (Å²) in [6, 6.07) is 0. The number of hydrogen-bond acceptors (Lipinski definition) is 0. The number of hydrogen-bond donors (Lipinski definition) is 0. The van der Waals surface area contributed by atoms with Crippen molar-refractivity contribution in [3.63, 3.8) is 0 Å². The lowest BCUT2D eigenvalue weighted by Gasteiger charge is -2.25. The molecule has 0 radical (unpaired) electrons. The zero-order valence-electron chi connectivity index (χ0n) is 7.96. The molecule has 0 aliphatic heterocycles. The summed E-state index contributed by atoms with van der Waals surface area (Å²) in [5.41, 5.74) is 1.47. The minimum Gasteiger partial charge on any atom is -0.294 e. The Labute approximate surface area is 68.8 Å². The molecule has 2 heteroatoms. The van der Waals surface area contributed by atoms with E-state index in [2.05, 4.69) is 43.4 Å². The number of aromatic nitrogens is 2. The van der Waals surface area contributed by atoms with Crippen molar-refractivity contribution in [1.82, 2.24) is 9.36 Å². The van der Waals surface area contributed by atoms with Gasteiger partial charge in [0.1, 0.15) is 0 Å². The van der Waals surface area contributed by atoms with Crippen LogP contribution < -0.4 is 0 Å². The molecule has 1 rings (SSSR count). The summed E-state index contributed by atoms with van der Waals surface area (Å²) in [6.45, 7) is 7.84. The van der Waals surface area contributed by atoms with E-state index in [4.69, 9.17) is 0 Å². The predicted molar refractivity (Wildman–Crippen MR) is 47.8 cm³/mol. The Bertz CT molecular complexity index is 218. The summed E-state index contributed by atoms with van der Waals surface area (Å²) in [6.07, 6.45) is 3.43. The lowest BCUT2D eigenvalue weighted by atomic mass is 10.1. The highest BCUT2D eigenvalue weighted by atomic mass is 15.4. The van der Waals surface area contributed by atoms with E-state index in [0.29, 0.717) is 5.92 Å². The van der Waals surface area contributed by atoms with Crippen LogP contribution in [-0.2, 0) is 13.6 Å². The molecule has 0 atom stereocenters. The average Bonchev–Trinajstić information content (AvgIpc) is 1.95. The van der Waals surface area contributed by atoms with Gasteiger partial charge in [0, 0.05) is 19.8 Å². The standard InChI is InChI=1S/C9H18N2/c1-5-6-11-9(8(2)3)7-10(11)4/h7-8H,5-6H2,1-4H3. The summed E-state index contributed by atoms with van der Waals surface area (Å²) in [5, 5.41) is 0. The summed E-state index contributed by atoms with van der Waals surface area (Å²) < 4.78 is 4.50. The molecule has 0 fully saturated rings. The van der Waals surface area contributed by atoms with E-state index in [1.165, 1.54) is 12.1 Å². The number of nitrogens with zero attached hydrogens (tertiary/aromatic N) is 2. The lowest BCUT2D eigenvalue weighted by Crippen LogP contribution is -2.24. The predicted octanol–water partition coefficient (Wildman–Crippen LogP) is 2.36. The Kier molecular flexibility index (Phi) is 2.42. The molecule has 0 aliphatic rings. The molecule has 0 aromatic carbocycles. The Morgan fingerprint density at radius 1 is 1.45 bits per heavy atom. The zero-order valence-corrected chi connectivity index (χ0v) is 7.96. The van der Waals surface area contributed by atoms with Gasteiger partial charge in [0.05, 0.1) is 5.69 Å². The topological polar surface area (TPSA) is 9.86 Å². The molecule has 0 bridgehead atoms. The third-order valence-electron chi connectivity index (χ3n) is 2.02. The highest BCUT2D eigenvalue weighted by molar-refractivity contribution is 5.05. The molecule has 1 aromatic rings. The summed E-state index contributed by atoms with van der Waals surface area (Å²) in [5.74, 6) is 0.665. The third-order valence-corrected chi connectivity index (χ3v) is 2.02. The van der Waals surface area contributed by atoms with Gasteiger partial charge >= 0.3 is 0 Å². The van der Waals surface area contributed by atoms with Crippen molar-refractivity contribution in [3.8, 4) is 0 Å². The maximum atomic E-state index is 2.34. The second-order valence-electron chi connectivity index (χ2n) is 3.41. The zero-order chi connectivity index (χ0) is 8.43. The Balaban J connectivity index is 2.70. The van der Waals surface area contributed by atoms with E-state index >= 15 is 0 Å².